The third kappa shape index (κ3) is 4.19. The number of ether oxygens (including phenoxy) is 2. The summed E-state index contributed by atoms with van der Waals surface area (Å²) in [6, 6.07) is 5.57. The van der Waals surface area contributed by atoms with Crippen molar-refractivity contribution in [3.8, 4) is 11.5 Å². The molecule has 0 aliphatic rings. The fourth-order valence-electron chi connectivity index (χ4n) is 2.05. The topological polar surface area (TPSA) is 51.6 Å². The first kappa shape index (κ1) is 15.8. The van der Waals surface area contributed by atoms with Gasteiger partial charge in [-0.05, 0) is 38.5 Å². The Bertz CT molecular complexity index is 583. The molecular formula is C16H21NO3S. The van der Waals surface area contributed by atoms with Crippen molar-refractivity contribution in [2.24, 2.45) is 0 Å². The zero-order valence-electron chi connectivity index (χ0n) is 12.6. The van der Waals surface area contributed by atoms with E-state index >= 15 is 0 Å². The maximum atomic E-state index is 10.4. The molecule has 1 N–H and O–H groups in total. The number of hydrogen-bond acceptors (Lipinski definition) is 5. The highest BCUT2D eigenvalue weighted by molar-refractivity contribution is 7.09. The molecule has 1 heterocycles. The molecule has 0 saturated carbocycles. The monoisotopic (exact) mass is 307 g/mol. The van der Waals surface area contributed by atoms with Crippen LogP contribution in [0.4, 0.5) is 0 Å². The molecule has 5 heteroatoms. The van der Waals surface area contributed by atoms with Gasteiger partial charge >= 0.3 is 0 Å². The minimum Gasteiger partial charge on any atom is -0.490 e. The third-order valence-corrected chi connectivity index (χ3v) is 3.98. The van der Waals surface area contributed by atoms with E-state index in [9.17, 15) is 5.11 Å². The second kappa shape index (κ2) is 7.43. The number of aliphatic hydroxyl groups excluding tert-OH is 1. The lowest BCUT2D eigenvalue weighted by molar-refractivity contribution is 0.177. The molecule has 114 valence electrons. The molecule has 1 unspecified atom stereocenters. The molecule has 1 aromatic heterocycles. The van der Waals surface area contributed by atoms with Crippen molar-refractivity contribution < 1.29 is 14.6 Å². The normalized spacial score (nSPS) is 12.2. The maximum absolute atomic E-state index is 10.4. The maximum Gasteiger partial charge on any atom is 0.161 e. The third-order valence-electron chi connectivity index (χ3n) is 2.99. The first-order valence-electron chi connectivity index (χ1n) is 7.12. The van der Waals surface area contributed by atoms with Gasteiger partial charge in [0.05, 0.1) is 24.3 Å². The van der Waals surface area contributed by atoms with Crippen LogP contribution in [0.15, 0.2) is 23.6 Å². The Balaban J connectivity index is 2.16. The van der Waals surface area contributed by atoms with Crippen LogP contribution in [0.3, 0.4) is 0 Å². The van der Waals surface area contributed by atoms with Crippen LogP contribution in [0.2, 0.25) is 0 Å². The van der Waals surface area contributed by atoms with Gasteiger partial charge in [-0.25, -0.2) is 4.98 Å². The average molecular weight is 307 g/mol. The largest absolute Gasteiger partial charge is 0.490 e. The summed E-state index contributed by atoms with van der Waals surface area (Å²) >= 11 is 1.57. The van der Waals surface area contributed by atoms with Gasteiger partial charge < -0.3 is 14.6 Å². The van der Waals surface area contributed by atoms with Gasteiger partial charge in [-0.2, -0.15) is 0 Å². The van der Waals surface area contributed by atoms with Crippen molar-refractivity contribution in [1.29, 1.82) is 0 Å². The molecule has 0 saturated heterocycles. The van der Waals surface area contributed by atoms with E-state index in [0.29, 0.717) is 31.1 Å². The van der Waals surface area contributed by atoms with Crippen LogP contribution in [0, 0.1) is 6.92 Å². The first-order chi connectivity index (χ1) is 10.1. The lowest BCUT2D eigenvalue weighted by Crippen LogP contribution is -2.04. The number of aromatic nitrogens is 1. The molecule has 1 aromatic carbocycles. The number of thiazole rings is 1. The smallest absolute Gasteiger partial charge is 0.161 e. The molecule has 0 bridgehead atoms. The van der Waals surface area contributed by atoms with E-state index < -0.39 is 6.10 Å². The molecule has 21 heavy (non-hydrogen) atoms. The van der Waals surface area contributed by atoms with Gasteiger partial charge in [-0.15, -0.1) is 11.3 Å². The molecule has 0 fully saturated rings. The molecule has 1 atom stereocenters. The Morgan fingerprint density at radius 3 is 2.52 bits per heavy atom. The highest BCUT2D eigenvalue weighted by Crippen LogP contribution is 2.32. The summed E-state index contributed by atoms with van der Waals surface area (Å²) in [5, 5.41) is 13.3. The van der Waals surface area contributed by atoms with E-state index in [1.165, 1.54) is 0 Å². The summed E-state index contributed by atoms with van der Waals surface area (Å²) < 4.78 is 11.1. The summed E-state index contributed by atoms with van der Waals surface area (Å²) in [6.07, 6.45) is -0.0802. The minimum atomic E-state index is -0.592. The Morgan fingerprint density at radius 2 is 1.90 bits per heavy atom. The molecule has 0 aliphatic carbocycles. The number of nitrogens with zero attached hydrogens (tertiary/aromatic N) is 1. The van der Waals surface area contributed by atoms with Crippen molar-refractivity contribution in [3.05, 3.63) is 39.8 Å². The Hall–Kier alpha value is -1.59. The molecule has 0 spiro atoms. The van der Waals surface area contributed by atoms with Crippen LogP contribution < -0.4 is 9.47 Å². The van der Waals surface area contributed by atoms with Gasteiger partial charge in [-0.1, -0.05) is 6.07 Å². The summed E-state index contributed by atoms with van der Waals surface area (Å²) in [4.78, 5) is 4.38. The quantitative estimate of drug-likeness (QED) is 0.850. The molecule has 0 aliphatic heterocycles. The van der Waals surface area contributed by atoms with Crippen molar-refractivity contribution in [1.82, 2.24) is 4.98 Å². The van der Waals surface area contributed by atoms with Crippen LogP contribution >= 0.6 is 11.3 Å². The molecule has 2 aromatic rings. The van der Waals surface area contributed by atoms with Gasteiger partial charge in [0.1, 0.15) is 0 Å². The predicted molar refractivity (Wildman–Crippen MR) is 84.3 cm³/mol. The summed E-state index contributed by atoms with van der Waals surface area (Å²) in [5.74, 6) is 1.38. The number of benzene rings is 1. The molecule has 4 nitrogen and oxygen atoms in total. The number of aryl methyl sites for hydroxylation is 1. The van der Waals surface area contributed by atoms with Crippen LogP contribution in [-0.4, -0.2) is 23.3 Å². The highest BCUT2D eigenvalue weighted by atomic mass is 32.1. The summed E-state index contributed by atoms with van der Waals surface area (Å²) in [5.41, 5.74) is 1.80. The zero-order valence-corrected chi connectivity index (χ0v) is 13.4. The second-order valence-electron chi connectivity index (χ2n) is 4.67. The molecular weight excluding hydrogens is 286 g/mol. The minimum absolute atomic E-state index is 0.512. The number of aliphatic hydroxyl groups is 1. The van der Waals surface area contributed by atoms with Gasteiger partial charge in [0.25, 0.3) is 0 Å². The van der Waals surface area contributed by atoms with E-state index in [-0.39, 0.29) is 0 Å². The van der Waals surface area contributed by atoms with E-state index in [0.717, 1.165) is 16.3 Å². The van der Waals surface area contributed by atoms with E-state index in [4.69, 9.17) is 9.47 Å². The molecule has 0 amide bonds. The fourth-order valence-corrected chi connectivity index (χ4v) is 2.86. The molecule has 0 radical (unpaired) electrons. The average Bonchev–Trinajstić information content (AvgIpc) is 2.86. The van der Waals surface area contributed by atoms with Gasteiger partial charge in [0.2, 0.25) is 0 Å². The number of hydrogen-bond donors (Lipinski definition) is 1. The zero-order chi connectivity index (χ0) is 15.2. The first-order valence-corrected chi connectivity index (χ1v) is 8.00. The van der Waals surface area contributed by atoms with Crippen molar-refractivity contribution >= 4 is 11.3 Å². The Morgan fingerprint density at radius 1 is 1.19 bits per heavy atom. The van der Waals surface area contributed by atoms with Crippen molar-refractivity contribution in [2.45, 2.75) is 33.3 Å². The van der Waals surface area contributed by atoms with Gasteiger partial charge in [-0.3, -0.25) is 0 Å². The van der Waals surface area contributed by atoms with Crippen LogP contribution in [0.5, 0.6) is 11.5 Å². The predicted octanol–water partition coefficient (Wildman–Crippen LogP) is 3.53. The highest BCUT2D eigenvalue weighted by Gasteiger charge is 2.14. The molecule has 2 rings (SSSR count). The van der Waals surface area contributed by atoms with Crippen molar-refractivity contribution in [3.63, 3.8) is 0 Å². The summed E-state index contributed by atoms with van der Waals surface area (Å²) in [6.45, 7) is 6.96. The lowest BCUT2D eigenvalue weighted by atomic mass is 10.1. The Labute approximate surface area is 129 Å². The van der Waals surface area contributed by atoms with Crippen LogP contribution in [0.25, 0.3) is 0 Å². The SMILES string of the molecule is CCOc1ccc(C(O)Cc2nc(C)cs2)cc1OCC. The van der Waals surface area contributed by atoms with Crippen LogP contribution in [-0.2, 0) is 6.42 Å². The summed E-state index contributed by atoms with van der Waals surface area (Å²) in [7, 11) is 0. The van der Waals surface area contributed by atoms with E-state index in [2.05, 4.69) is 4.98 Å². The lowest BCUT2D eigenvalue weighted by Gasteiger charge is -2.15. The van der Waals surface area contributed by atoms with Crippen LogP contribution in [0.1, 0.15) is 36.2 Å². The van der Waals surface area contributed by atoms with Gasteiger partial charge in [0, 0.05) is 17.5 Å². The standard InChI is InChI=1S/C16H21NO3S/c1-4-19-14-7-6-12(8-15(14)20-5-2)13(18)9-16-17-11(3)10-21-16/h6-8,10,13,18H,4-5,9H2,1-3H3. The van der Waals surface area contributed by atoms with E-state index in [1.807, 2.05) is 44.4 Å². The fraction of sp³-hybridized carbons (Fsp3) is 0.438. The van der Waals surface area contributed by atoms with Crippen molar-refractivity contribution in [2.75, 3.05) is 13.2 Å². The van der Waals surface area contributed by atoms with Gasteiger partial charge in [0.15, 0.2) is 11.5 Å². The van der Waals surface area contributed by atoms with E-state index in [1.54, 1.807) is 11.3 Å². The Kier molecular flexibility index (Phi) is 5.59. The number of rotatable bonds is 7. The second-order valence-corrected chi connectivity index (χ2v) is 5.62.